The van der Waals surface area contributed by atoms with Crippen molar-refractivity contribution in [3.05, 3.63) is 52.7 Å². The third kappa shape index (κ3) is 3.45. The number of esters is 1. The molecule has 24 heavy (non-hydrogen) atoms. The van der Waals surface area contributed by atoms with E-state index in [1.54, 1.807) is 25.1 Å². The number of benzene rings is 1. The summed E-state index contributed by atoms with van der Waals surface area (Å²) < 4.78 is 4.83. The van der Waals surface area contributed by atoms with Gasteiger partial charge in [0.05, 0.1) is 12.3 Å². The number of Topliss-reactive ketones (excluding diaryl/α,β-unsaturated/α-hetero) is 1. The molecular weight excluding hydrogens is 306 g/mol. The number of nitrogens with one attached hydrogen (secondary N) is 1. The fraction of sp³-hybridized carbons (Fsp3) is 0.316. The van der Waals surface area contributed by atoms with Crippen LogP contribution < -0.4 is 5.32 Å². The minimum atomic E-state index is -0.480. The van der Waals surface area contributed by atoms with Crippen molar-refractivity contribution in [3.63, 3.8) is 0 Å². The van der Waals surface area contributed by atoms with Crippen LogP contribution in [0.4, 0.5) is 0 Å². The Morgan fingerprint density at radius 2 is 2.12 bits per heavy atom. The molecule has 1 saturated carbocycles. The zero-order valence-corrected chi connectivity index (χ0v) is 13.5. The normalized spacial score (nSPS) is 16.8. The van der Waals surface area contributed by atoms with E-state index in [2.05, 4.69) is 5.32 Å². The molecule has 0 atom stereocenters. The van der Waals surface area contributed by atoms with Gasteiger partial charge in [-0.2, -0.15) is 0 Å². The number of ether oxygens (including phenoxy) is 1. The Morgan fingerprint density at radius 1 is 1.33 bits per heavy atom. The molecule has 0 radical (unpaired) electrons. The predicted octanol–water partition coefficient (Wildman–Crippen LogP) is 2.53. The number of carbonyl (C=O) groups excluding carboxylic acids is 3. The molecule has 2 aliphatic rings. The summed E-state index contributed by atoms with van der Waals surface area (Å²) in [6.45, 7) is 2.73. The van der Waals surface area contributed by atoms with E-state index >= 15 is 0 Å². The van der Waals surface area contributed by atoms with Crippen LogP contribution in [0.3, 0.4) is 0 Å². The minimum absolute atomic E-state index is 0.184. The predicted molar refractivity (Wildman–Crippen MR) is 89.6 cm³/mol. The quantitative estimate of drug-likeness (QED) is 0.643. The molecule has 5 nitrogen and oxygen atoms in total. The Balaban J connectivity index is 1.85. The van der Waals surface area contributed by atoms with Gasteiger partial charge in [0.15, 0.2) is 5.78 Å². The van der Waals surface area contributed by atoms with Crippen LogP contribution in [0, 0.1) is 5.92 Å². The molecule has 0 spiro atoms. The summed E-state index contributed by atoms with van der Waals surface area (Å²) in [5.74, 6) is -0.287. The van der Waals surface area contributed by atoms with E-state index in [1.165, 1.54) is 31.1 Å². The van der Waals surface area contributed by atoms with Crippen molar-refractivity contribution in [2.75, 3.05) is 13.2 Å². The van der Waals surface area contributed by atoms with Crippen LogP contribution in [0.1, 0.15) is 46.0 Å². The van der Waals surface area contributed by atoms with Crippen LogP contribution in [-0.4, -0.2) is 30.7 Å². The molecule has 1 fully saturated rings. The summed E-state index contributed by atoms with van der Waals surface area (Å²) in [6.07, 6.45) is 6.47. The number of carbonyl (C=O) groups is 3. The van der Waals surface area contributed by atoms with Gasteiger partial charge >= 0.3 is 5.97 Å². The van der Waals surface area contributed by atoms with Gasteiger partial charge in [0.1, 0.15) is 0 Å². The first kappa shape index (κ1) is 16.2. The molecular formula is C19H19NO4. The van der Waals surface area contributed by atoms with Crippen molar-refractivity contribution in [1.29, 1.82) is 0 Å². The second-order valence-electron chi connectivity index (χ2n) is 5.93. The van der Waals surface area contributed by atoms with Gasteiger partial charge in [-0.15, -0.1) is 0 Å². The lowest BCUT2D eigenvalue weighted by Gasteiger charge is -2.18. The summed E-state index contributed by atoms with van der Waals surface area (Å²) in [5, 5.41) is 3.09. The van der Waals surface area contributed by atoms with Crippen molar-refractivity contribution < 1.29 is 19.1 Å². The number of allylic oxidation sites excluding steroid dienone is 2. The molecule has 124 valence electrons. The molecule has 2 aliphatic carbocycles. The third-order valence-corrected chi connectivity index (χ3v) is 4.07. The molecule has 0 bridgehead atoms. The van der Waals surface area contributed by atoms with Gasteiger partial charge in [0, 0.05) is 29.8 Å². The molecule has 0 saturated heterocycles. The van der Waals surface area contributed by atoms with Crippen molar-refractivity contribution in [3.8, 4) is 0 Å². The molecule has 5 heteroatoms. The summed E-state index contributed by atoms with van der Waals surface area (Å²) in [4.78, 5) is 36.5. The van der Waals surface area contributed by atoms with Gasteiger partial charge in [-0.1, -0.05) is 18.2 Å². The van der Waals surface area contributed by atoms with Crippen LogP contribution in [-0.2, 0) is 9.53 Å². The first-order valence-electron chi connectivity index (χ1n) is 8.12. The van der Waals surface area contributed by atoms with Crippen molar-refractivity contribution >= 4 is 23.6 Å². The largest absolute Gasteiger partial charge is 0.463 e. The second kappa shape index (κ2) is 6.83. The van der Waals surface area contributed by atoms with Crippen molar-refractivity contribution in [2.24, 2.45) is 5.92 Å². The summed E-state index contributed by atoms with van der Waals surface area (Å²) in [7, 11) is 0. The van der Waals surface area contributed by atoms with Crippen molar-refractivity contribution in [2.45, 2.75) is 19.8 Å². The Kier molecular flexibility index (Phi) is 4.60. The standard InChI is InChI=1S/C19H19NO4/c1-2-24-17(22)9-8-13-4-3-5-14-18(13)16(21)10-15(19(14)23)20-11-12-6-7-12/h3-5,8-10,12,20H,2,6-7,11H2,1H3/b9-8+. The zero-order chi connectivity index (χ0) is 17.1. The molecule has 1 aromatic rings. The molecule has 1 N–H and O–H groups in total. The van der Waals surface area contributed by atoms with E-state index in [0.717, 1.165) is 6.54 Å². The number of ketones is 2. The Hall–Kier alpha value is -2.69. The summed E-state index contributed by atoms with van der Waals surface area (Å²) in [6, 6.07) is 5.05. The maximum atomic E-state index is 12.6. The van der Waals surface area contributed by atoms with E-state index in [1.807, 2.05) is 0 Å². The fourth-order valence-corrected chi connectivity index (χ4v) is 2.64. The van der Waals surface area contributed by atoms with Gasteiger partial charge in [0.25, 0.3) is 0 Å². The maximum absolute atomic E-state index is 12.6. The molecule has 0 unspecified atom stereocenters. The van der Waals surface area contributed by atoms with Crippen LogP contribution in [0.25, 0.3) is 6.08 Å². The molecule has 0 aliphatic heterocycles. The van der Waals surface area contributed by atoms with E-state index < -0.39 is 5.97 Å². The van der Waals surface area contributed by atoms with Gasteiger partial charge < -0.3 is 10.1 Å². The highest BCUT2D eigenvalue weighted by molar-refractivity contribution is 6.25. The Morgan fingerprint density at radius 3 is 2.83 bits per heavy atom. The topological polar surface area (TPSA) is 72.5 Å². The summed E-state index contributed by atoms with van der Waals surface area (Å²) in [5.41, 5.74) is 1.59. The average molecular weight is 325 g/mol. The average Bonchev–Trinajstić information content (AvgIpc) is 3.39. The van der Waals surface area contributed by atoms with Crippen LogP contribution in [0.5, 0.6) is 0 Å². The smallest absolute Gasteiger partial charge is 0.330 e. The monoisotopic (exact) mass is 325 g/mol. The van der Waals surface area contributed by atoms with Gasteiger partial charge in [-0.3, -0.25) is 9.59 Å². The molecule has 0 heterocycles. The van der Waals surface area contributed by atoms with Crippen molar-refractivity contribution in [1.82, 2.24) is 5.32 Å². The second-order valence-corrected chi connectivity index (χ2v) is 5.93. The molecule has 1 aromatic carbocycles. The lowest BCUT2D eigenvalue weighted by molar-refractivity contribution is -0.137. The lowest BCUT2D eigenvalue weighted by atomic mass is 9.88. The zero-order valence-electron chi connectivity index (χ0n) is 13.5. The fourth-order valence-electron chi connectivity index (χ4n) is 2.64. The van der Waals surface area contributed by atoms with Crippen LogP contribution in [0.15, 0.2) is 36.0 Å². The first-order chi connectivity index (χ1) is 11.6. The van der Waals surface area contributed by atoms with Gasteiger partial charge in [0.2, 0.25) is 5.78 Å². The number of rotatable bonds is 6. The Labute approximate surface area is 140 Å². The highest BCUT2D eigenvalue weighted by Gasteiger charge is 2.28. The van der Waals surface area contributed by atoms with E-state index in [0.29, 0.717) is 28.3 Å². The minimum Gasteiger partial charge on any atom is -0.463 e. The highest BCUT2D eigenvalue weighted by Crippen LogP contribution is 2.29. The third-order valence-electron chi connectivity index (χ3n) is 4.07. The van der Waals surface area contributed by atoms with Crippen LogP contribution in [0.2, 0.25) is 0 Å². The SMILES string of the molecule is CCOC(=O)/C=C/c1cccc2c1C(=O)C=C(NCC1CC1)C2=O. The van der Waals surface area contributed by atoms with Gasteiger partial charge in [-0.25, -0.2) is 4.79 Å². The number of fused-ring (bicyclic) bond motifs is 1. The van der Waals surface area contributed by atoms with E-state index in [-0.39, 0.29) is 18.2 Å². The maximum Gasteiger partial charge on any atom is 0.330 e. The number of hydrogen-bond acceptors (Lipinski definition) is 5. The van der Waals surface area contributed by atoms with E-state index in [4.69, 9.17) is 4.74 Å². The van der Waals surface area contributed by atoms with E-state index in [9.17, 15) is 14.4 Å². The summed E-state index contributed by atoms with van der Waals surface area (Å²) >= 11 is 0. The van der Waals surface area contributed by atoms with Gasteiger partial charge in [-0.05, 0) is 37.3 Å². The van der Waals surface area contributed by atoms with Crippen LogP contribution >= 0.6 is 0 Å². The molecule has 0 aromatic heterocycles. The lowest BCUT2D eigenvalue weighted by Crippen LogP contribution is -2.28. The molecule has 3 rings (SSSR count). The number of hydrogen-bond donors (Lipinski definition) is 1. The Bertz CT molecular complexity index is 757. The first-order valence-corrected chi connectivity index (χ1v) is 8.12. The highest BCUT2D eigenvalue weighted by atomic mass is 16.5. The molecule has 0 amide bonds.